The van der Waals surface area contributed by atoms with Crippen LogP contribution in [-0.4, -0.2) is 27.6 Å². The molecule has 0 atom stereocenters. The number of fused-ring (bicyclic) bond motifs is 1. The Bertz CT molecular complexity index is 548. The molecule has 2 rings (SSSR count). The quantitative estimate of drug-likeness (QED) is 0.726. The van der Waals surface area contributed by atoms with Gasteiger partial charge in [-0.05, 0) is 6.07 Å². The average Bonchev–Trinajstić information content (AvgIpc) is 2.54. The van der Waals surface area contributed by atoms with Crippen LogP contribution in [0.15, 0.2) is 12.1 Å². The van der Waals surface area contributed by atoms with Gasteiger partial charge in [0.25, 0.3) is 0 Å². The second kappa shape index (κ2) is 3.69. The highest BCUT2D eigenvalue weighted by Crippen LogP contribution is 2.18. The van der Waals surface area contributed by atoms with E-state index in [0.29, 0.717) is 17.0 Å². The molecule has 7 nitrogen and oxygen atoms in total. The van der Waals surface area contributed by atoms with Gasteiger partial charge in [0.15, 0.2) is 5.65 Å². The maximum absolute atomic E-state index is 10.9. The Morgan fingerprint density at radius 3 is 2.88 bits per heavy atom. The first-order chi connectivity index (χ1) is 7.61. The second-order valence-corrected chi connectivity index (χ2v) is 3.22. The summed E-state index contributed by atoms with van der Waals surface area (Å²) in [6.07, 6.45) is 0. The number of nitrogens with zero attached hydrogens (tertiary/aromatic N) is 3. The van der Waals surface area contributed by atoms with Gasteiger partial charge in [0.05, 0.1) is 7.11 Å². The number of primary amides is 1. The van der Waals surface area contributed by atoms with Gasteiger partial charge in [0.1, 0.15) is 12.1 Å². The Labute approximate surface area is 91.0 Å². The number of nitrogen functional groups attached to an aromatic ring is 1. The van der Waals surface area contributed by atoms with Gasteiger partial charge in [0.2, 0.25) is 17.7 Å². The number of hydrogen-bond acceptors (Lipinski definition) is 5. The molecule has 0 saturated heterocycles. The topological polar surface area (TPSA) is 109 Å². The van der Waals surface area contributed by atoms with Gasteiger partial charge < -0.3 is 16.2 Å². The average molecular weight is 221 g/mol. The molecule has 0 fully saturated rings. The molecule has 2 aromatic rings. The van der Waals surface area contributed by atoms with Crippen molar-refractivity contribution in [1.82, 2.24) is 14.5 Å². The maximum Gasteiger partial charge on any atom is 0.237 e. The molecule has 0 aliphatic carbocycles. The van der Waals surface area contributed by atoms with Crippen molar-refractivity contribution in [2.45, 2.75) is 6.54 Å². The number of ether oxygens (including phenoxy) is 1. The molecule has 0 aliphatic rings. The summed E-state index contributed by atoms with van der Waals surface area (Å²) in [5, 5.41) is 0. The zero-order valence-electron chi connectivity index (χ0n) is 8.67. The number of rotatable bonds is 3. The van der Waals surface area contributed by atoms with Gasteiger partial charge in [-0.25, -0.2) is 4.98 Å². The summed E-state index contributed by atoms with van der Waals surface area (Å²) in [4.78, 5) is 19.1. The molecule has 4 N–H and O–H groups in total. The van der Waals surface area contributed by atoms with Gasteiger partial charge in [0, 0.05) is 6.07 Å². The van der Waals surface area contributed by atoms with Crippen LogP contribution in [0.2, 0.25) is 0 Å². The molecule has 0 aliphatic heterocycles. The number of carbonyl (C=O) groups is 1. The minimum Gasteiger partial charge on any atom is -0.481 e. The van der Waals surface area contributed by atoms with E-state index in [0.717, 1.165) is 0 Å². The van der Waals surface area contributed by atoms with Crippen LogP contribution in [0.4, 0.5) is 5.95 Å². The van der Waals surface area contributed by atoms with Crippen LogP contribution in [-0.2, 0) is 11.3 Å². The lowest BCUT2D eigenvalue weighted by atomic mass is 10.4. The van der Waals surface area contributed by atoms with Crippen LogP contribution in [0.3, 0.4) is 0 Å². The Morgan fingerprint density at radius 2 is 2.25 bits per heavy atom. The first-order valence-corrected chi connectivity index (χ1v) is 4.57. The van der Waals surface area contributed by atoms with E-state index >= 15 is 0 Å². The summed E-state index contributed by atoms with van der Waals surface area (Å²) in [5.74, 6) is 0.128. The predicted molar refractivity (Wildman–Crippen MR) is 57.7 cm³/mol. The molecule has 2 aromatic heterocycles. The number of nitrogens with two attached hydrogens (primary N) is 2. The minimum absolute atomic E-state index is 0.0531. The number of imidazole rings is 1. The van der Waals surface area contributed by atoms with Crippen LogP contribution in [0.25, 0.3) is 11.2 Å². The molecule has 0 unspecified atom stereocenters. The number of amides is 1. The maximum atomic E-state index is 10.9. The minimum atomic E-state index is -0.504. The Morgan fingerprint density at radius 1 is 1.50 bits per heavy atom. The highest BCUT2D eigenvalue weighted by atomic mass is 16.5. The number of pyridine rings is 1. The standard InChI is InChI=1S/C9H11N5O2/c1-16-7-3-2-5-8(13-7)14(4-6(10)15)9(11)12-5/h2-3H,4H2,1H3,(H2,10,15)(H2,11,12). The fourth-order valence-corrected chi connectivity index (χ4v) is 1.43. The summed E-state index contributed by atoms with van der Waals surface area (Å²) in [6, 6.07) is 3.39. The van der Waals surface area contributed by atoms with Crippen molar-refractivity contribution in [2.24, 2.45) is 5.73 Å². The fraction of sp³-hybridized carbons (Fsp3) is 0.222. The Balaban J connectivity index is 2.61. The number of carbonyl (C=O) groups excluding carboxylic acids is 1. The third-order valence-corrected chi connectivity index (χ3v) is 2.12. The third-order valence-electron chi connectivity index (χ3n) is 2.12. The third kappa shape index (κ3) is 1.62. The van der Waals surface area contributed by atoms with Crippen LogP contribution in [0.5, 0.6) is 5.88 Å². The van der Waals surface area contributed by atoms with E-state index < -0.39 is 5.91 Å². The van der Waals surface area contributed by atoms with Crippen molar-refractivity contribution in [3.05, 3.63) is 12.1 Å². The fourth-order valence-electron chi connectivity index (χ4n) is 1.43. The molecule has 84 valence electrons. The Kier molecular flexibility index (Phi) is 2.35. The van der Waals surface area contributed by atoms with E-state index in [1.165, 1.54) is 11.7 Å². The van der Waals surface area contributed by atoms with Crippen molar-refractivity contribution in [2.75, 3.05) is 12.8 Å². The number of hydrogen-bond donors (Lipinski definition) is 2. The van der Waals surface area contributed by atoms with Gasteiger partial charge in [-0.1, -0.05) is 0 Å². The number of anilines is 1. The van der Waals surface area contributed by atoms with Crippen molar-refractivity contribution >= 4 is 23.0 Å². The van der Waals surface area contributed by atoms with Crippen LogP contribution >= 0.6 is 0 Å². The summed E-state index contributed by atoms with van der Waals surface area (Å²) < 4.78 is 6.43. The predicted octanol–water partition coefficient (Wildman–Crippen LogP) is -0.493. The molecule has 7 heteroatoms. The zero-order chi connectivity index (χ0) is 11.7. The summed E-state index contributed by atoms with van der Waals surface area (Å²) in [5.41, 5.74) is 11.8. The lowest BCUT2D eigenvalue weighted by Crippen LogP contribution is -2.20. The van der Waals surface area contributed by atoms with Crippen molar-refractivity contribution in [1.29, 1.82) is 0 Å². The monoisotopic (exact) mass is 221 g/mol. The molecule has 1 amide bonds. The number of methoxy groups -OCH3 is 1. The van der Waals surface area contributed by atoms with Crippen LogP contribution in [0.1, 0.15) is 0 Å². The lowest BCUT2D eigenvalue weighted by Gasteiger charge is -2.03. The summed E-state index contributed by atoms with van der Waals surface area (Å²) >= 11 is 0. The molecule has 0 spiro atoms. The first kappa shape index (κ1) is 10.2. The van der Waals surface area contributed by atoms with Gasteiger partial charge in [-0.3, -0.25) is 9.36 Å². The van der Waals surface area contributed by atoms with Crippen molar-refractivity contribution < 1.29 is 9.53 Å². The van der Waals surface area contributed by atoms with E-state index in [-0.39, 0.29) is 12.5 Å². The lowest BCUT2D eigenvalue weighted by molar-refractivity contribution is -0.118. The molecular formula is C9H11N5O2. The van der Waals surface area contributed by atoms with E-state index in [2.05, 4.69) is 9.97 Å². The molecule has 16 heavy (non-hydrogen) atoms. The highest BCUT2D eigenvalue weighted by molar-refractivity contribution is 5.80. The molecule has 2 heterocycles. The van der Waals surface area contributed by atoms with Crippen LogP contribution < -0.4 is 16.2 Å². The van der Waals surface area contributed by atoms with E-state index in [1.54, 1.807) is 12.1 Å². The largest absolute Gasteiger partial charge is 0.481 e. The Hall–Kier alpha value is -2.31. The second-order valence-electron chi connectivity index (χ2n) is 3.22. The molecular weight excluding hydrogens is 210 g/mol. The van der Waals surface area contributed by atoms with E-state index in [4.69, 9.17) is 16.2 Å². The first-order valence-electron chi connectivity index (χ1n) is 4.57. The van der Waals surface area contributed by atoms with E-state index in [9.17, 15) is 4.79 Å². The van der Waals surface area contributed by atoms with E-state index in [1.807, 2.05) is 0 Å². The summed E-state index contributed by atoms with van der Waals surface area (Å²) in [6.45, 7) is -0.0531. The summed E-state index contributed by atoms with van der Waals surface area (Å²) in [7, 11) is 1.51. The SMILES string of the molecule is COc1ccc2nc(N)n(CC(N)=O)c2n1. The van der Waals surface area contributed by atoms with Crippen molar-refractivity contribution in [3.8, 4) is 5.88 Å². The smallest absolute Gasteiger partial charge is 0.237 e. The van der Waals surface area contributed by atoms with Gasteiger partial charge in [-0.2, -0.15) is 4.98 Å². The zero-order valence-corrected chi connectivity index (χ0v) is 8.67. The molecule has 0 aromatic carbocycles. The van der Waals surface area contributed by atoms with Crippen molar-refractivity contribution in [3.63, 3.8) is 0 Å². The number of aromatic nitrogens is 3. The molecule has 0 radical (unpaired) electrons. The van der Waals surface area contributed by atoms with Gasteiger partial charge >= 0.3 is 0 Å². The highest BCUT2D eigenvalue weighted by Gasteiger charge is 2.11. The molecule has 0 saturated carbocycles. The van der Waals surface area contributed by atoms with Gasteiger partial charge in [-0.15, -0.1) is 0 Å². The normalized spacial score (nSPS) is 10.6. The molecule has 0 bridgehead atoms. The van der Waals surface area contributed by atoms with Crippen LogP contribution in [0, 0.1) is 0 Å².